The summed E-state index contributed by atoms with van der Waals surface area (Å²) in [6.45, 7) is 1.27. The molecule has 1 aliphatic rings. The summed E-state index contributed by atoms with van der Waals surface area (Å²) in [6.07, 6.45) is 3.81. The van der Waals surface area contributed by atoms with Gasteiger partial charge in [0.2, 0.25) is 5.91 Å². The Morgan fingerprint density at radius 2 is 1.87 bits per heavy atom. The fourth-order valence-electron chi connectivity index (χ4n) is 2.60. The van der Waals surface area contributed by atoms with Crippen molar-refractivity contribution in [2.45, 2.75) is 38.5 Å². The van der Waals surface area contributed by atoms with Gasteiger partial charge in [-0.2, -0.15) is 0 Å². The molecule has 0 atom stereocenters. The van der Waals surface area contributed by atoms with Crippen LogP contribution in [-0.4, -0.2) is 36.0 Å². The minimum atomic E-state index is -0.786. The molecule has 0 spiro atoms. The molecule has 6 nitrogen and oxygen atoms in total. The van der Waals surface area contributed by atoms with Crippen molar-refractivity contribution in [2.24, 2.45) is 0 Å². The lowest BCUT2D eigenvalue weighted by molar-refractivity contribution is -0.137. The lowest BCUT2D eigenvalue weighted by Crippen LogP contribution is -2.25. The van der Waals surface area contributed by atoms with E-state index in [-0.39, 0.29) is 18.2 Å². The minimum absolute atomic E-state index is 0.128. The Balaban J connectivity index is 1.74. The van der Waals surface area contributed by atoms with Crippen LogP contribution in [0.2, 0.25) is 0 Å². The van der Waals surface area contributed by atoms with Gasteiger partial charge in [0.05, 0.1) is 0 Å². The molecule has 0 saturated carbocycles. The van der Waals surface area contributed by atoms with E-state index in [0.717, 1.165) is 31.5 Å². The maximum Gasteiger partial charge on any atom is 0.303 e. The molecule has 1 heterocycles. The van der Waals surface area contributed by atoms with E-state index >= 15 is 0 Å². The number of amides is 2. The number of unbranched alkanes of at least 4 members (excludes halogenated alkanes) is 2. The van der Waals surface area contributed by atoms with Crippen molar-refractivity contribution in [3.8, 4) is 0 Å². The highest BCUT2D eigenvalue weighted by molar-refractivity contribution is 5.97. The molecule has 1 saturated heterocycles. The van der Waals surface area contributed by atoms with E-state index in [1.54, 1.807) is 29.2 Å². The zero-order chi connectivity index (χ0) is 16.7. The average molecular weight is 318 g/mol. The summed E-state index contributed by atoms with van der Waals surface area (Å²) in [4.78, 5) is 35.8. The van der Waals surface area contributed by atoms with Crippen LogP contribution in [0.5, 0.6) is 0 Å². The Hall–Kier alpha value is -2.37. The van der Waals surface area contributed by atoms with Crippen LogP contribution in [0.15, 0.2) is 24.3 Å². The highest BCUT2D eigenvalue weighted by Gasteiger charge is 2.21. The van der Waals surface area contributed by atoms with E-state index in [9.17, 15) is 14.4 Å². The predicted octanol–water partition coefficient (Wildman–Crippen LogP) is 2.19. The van der Waals surface area contributed by atoms with Crippen molar-refractivity contribution in [1.82, 2.24) is 5.32 Å². The third-order valence-corrected chi connectivity index (χ3v) is 3.87. The monoisotopic (exact) mass is 318 g/mol. The number of aliphatic carboxylic acids is 1. The number of carboxylic acids is 1. The second-order valence-corrected chi connectivity index (χ2v) is 5.66. The highest BCUT2D eigenvalue weighted by atomic mass is 16.4. The Bertz CT molecular complexity index is 568. The van der Waals surface area contributed by atoms with Crippen molar-refractivity contribution in [3.63, 3.8) is 0 Å². The number of nitrogens with one attached hydrogen (secondary N) is 1. The summed E-state index contributed by atoms with van der Waals surface area (Å²) in [5.74, 6) is -0.809. The summed E-state index contributed by atoms with van der Waals surface area (Å²) in [7, 11) is 0. The topological polar surface area (TPSA) is 86.7 Å². The standard InChI is InChI=1S/C17H22N2O4/c20-15-5-4-12-19(15)14-9-7-13(8-10-14)17(23)18-11-3-1-2-6-16(21)22/h7-10H,1-6,11-12H2,(H,18,23)(H,21,22). The van der Waals surface area contributed by atoms with Crippen molar-refractivity contribution in [2.75, 3.05) is 18.0 Å². The molecular formula is C17H22N2O4. The van der Waals surface area contributed by atoms with Gasteiger partial charge >= 0.3 is 5.97 Å². The number of nitrogens with zero attached hydrogens (tertiary/aromatic N) is 1. The SMILES string of the molecule is O=C(O)CCCCCNC(=O)c1ccc(N2CCCC2=O)cc1. The summed E-state index contributed by atoms with van der Waals surface area (Å²) in [5, 5.41) is 11.3. The molecule has 1 aliphatic heterocycles. The second-order valence-electron chi connectivity index (χ2n) is 5.66. The van der Waals surface area contributed by atoms with Gasteiger partial charge in [-0.05, 0) is 43.5 Å². The molecule has 0 unspecified atom stereocenters. The van der Waals surface area contributed by atoms with E-state index in [1.807, 2.05) is 0 Å². The van der Waals surface area contributed by atoms with Crippen LogP contribution < -0.4 is 10.2 Å². The fraction of sp³-hybridized carbons (Fsp3) is 0.471. The lowest BCUT2D eigenvalue weighted by atomic mass is 10.1. The van der Waals surface area contributed by atoms with Gasteiger partial charge in [0, 0.05) is 37.2 Å². The van der Waals surface area contributed by atoms with Gasteiger partial charge in [0.25, 0.3) is 5.91 Å². The number of rotatable bonds is 8. The maximum atomic E-state index is 12.0. The molecule has 0 bridgehead atoms. The summed E-state index contributed by atoms with van der Waals surface area (Å²) in [5.41, 5.74) is 1.39. The van der Waals surface area contributed by atoms with Crippen LogP contribution in [0.25, 0.3) is 0 Å². The second kappa shape index (κ2) is 8.31. The quantitative estimate of drug-likeness (QED) is 0.719. The molecule has 1 aromatic carbocycles. The van der Waals surface area contributed by atoms with Crippen LogP contribution in [0.4, 0.5) is 5.69 Å². The predicted molar refractivity (Wildman–Crippen MR) is 86.5 cm³/mol. The molecule has 0 aromatic heterocycles. The molecule has 1 aromatic rings. The molecule has 2 rings (SSSR count). The zero-order valence-electron chi connectivity index (χ0n) is 13.1. The minimum Gasteiger partial charge on any atom is -0.481 e. The van der Waals surface area contributed by atoms with Gasteiger partial charge in [-0.3, -0.25) is 14.4 Å². The normalized spacial score (nSPS) is 14.1. The van der Waals surface area contributed by atoms with Gasteiger partial charge < -0.3 is 15.3 Å². The maximum absolute atomic E-state index is 12.0. The van der Waals surface area contributed by atoms with E-state index in [2.05, 4.69) is 5.32 Å². The number of anilines is 1. The fourth-order valence-corrected chi connectivity index (χ4v) is 2.60. The van der Waals surface area contributed by atoms with Crippen molar-refractivity contribution in [3.05, 3.63) is 29.8 Å². The van der Waals surface area contributed by atoms with E-state index in [0.29, 0.717) is 24.9 Å². The highest BCUT2D eigenvalue weighted by Crippen LogP contribution is 2.21. The third-order valence-electron chi connectivity index (χ3n) is 3.87. The van der Waals surface area contributed by atoms with Crippen LogP contribution in [0.1, 0.15) is 48.9 Å². The largest absolute Gasteiger partial charge is 0.481 e. The summed E-state index contributed by atoms with van der Waals surface area (Å²) < 4.78 is 0. The van der Waals surface area contributed by atoms with Gasteiger partial charge in [0.15, 0.2) is 0 Å². The van der Waals surface area contributed by atoms with Crippen LogP contribution in [0, 0.1) is 0 Å². The number of hydrogen-bond donors (Lipinski definition) is 2. The zero-order valence-corrected chi connectivity index (χ0v) is 13.1. The average Bonchev–Trinajstić information content (AvgIpc) is 2.96. The van der Waals surface area contributed by atoms with Gasteiger partial charge in [-0.25, -0.2) is 0 Å². The molecule has 2 amide bonds. The van der Waals surface area contributed by atoms with Crippen molar-refractivity contribution in [1.29, 1.82) is 0 Å². The first-order chi connectivity index (χ1) is 11.1. The smallest absolute Gasteiger partial charge is 0.303 e. The summed E-state index contributed by atoms with van der Waals surface area (Å²) in [6, 6.07) is 7.04. The third kappa shape index (κ3) is 5.09. The van der Waals surface area contributed by atoms with E-state index in [1.165, 1.54) is 0 Å². The Kier molecular flexibility index (Phi) is 6.14. The van der Waals surface area contributed by atoms with E-state index in [4.69, 9.17) is 5.11 Å². The van der Waals surface area contributed by atoms with Crippen LogP contribution in [0.3, 0.4) is 0 Å². The first-order valence-electron chi connectivity index (χ1n) is 7.98. The number of carbonyl (C=O) groups is 3. The Morgan fingerprint density at radius 1 is 1.13 bits per heavy atom. The molecule has 23 heavy (non-hydrogen) atoms. The molecule has 2 N–H and O–H groups in total. The number of carboxylic acid groups (broad SMARTS) is 1. The van der Waals surface area contributed by atoms with E-state index < -0.39 is 5.97 Å². The van der Waals surface area contributed by atoms with Crippen LogP contribution in [-0.2, 0) is 9.59 Å². The summed E-state index contributed by atoms with van der Waals surface area (Å²) >= 11 is 0. The molecule has 124 valence electrons. The van der Waals surface area contributed by atoms with Gasteiger partial charge in [-0.1, -0.05) is 6.42 Å². The Morgan fingerprint density at radius 3 is 2.48 bits per heavy atom. The first kappa shape index (κ1) is 17.0. The van der Waals surface area contributed by atoms with Gasteiger partial charge in [0.1, 0.15) is 0 Å². The molecule has 1 fully saturated rings. The van der Waals surface area contributed by atoms with Crippen molar-refractivity contribution >= 4 is 23.5 Å². The van der Waals surface area contributed by atoms with Gasteiger partial charge in [-0.15, -0.1) is 0 Å². The number of benzene rings is 1. The Labute approximate surface area is 135 Å². The number of carbonyl (C=O) groups excluding carboxylic acids is 2. The van der Waals surface area contributed by atoms with Crippen molar-refractivity contribution < 1.29 is 19.5 Å². The number of hydrogen-bond acceptors (Lipinski definition) is 3. The first-order valence-corrected chi connectivity index (χ1v) is 7.98. The molecule has 0 radical (unpaired) electrons. The molecule has 0 aliphatic carbocycles. The van der Waals surface area contributed by atoms with Crippen LogP contribution >= 0.6 is 0 Å². The molecule has 6 heteroatoms. The lowest BCUT2D eigenvalue weighted by Gasteiger charge is -2.15. The molecular weight excluding hydrogens is 296 g/mol.